The topological polar surface area (TPSA) is 52.6 Å². The van der Waals surface area contributed by atoms with E-state index in [1.807, 2.05) is 0 Å². The highest BCUT2D eigenvalue weighted by Gasteiger charge is 2.49. The summed E-state index contributed by atoms with van der Waals surface area (Å²) in [7, 11) is 0. The number of ether oxygens (including phenoxy) is 2. The number of Topliss-reactive ketones (excluding diaryl/α,β-unsaturated/α-hetero) is 1. The van der Waals surface area contributed by atoms with Gasteiger partial charge in [-0.05, 0) is 31.0 Å². The second-order valence-corrected chi connectivity index (χ2v) is 5.36. The summed E-state index contributed by atoms with van der Waals surface area (Å²) in [5.41, 5.74) is -0.891. The molecule has 0 saturated carbocycles. The van der Waals surface area contributed by atoms with Crippen molar-refractivity contribution in [1.29, 1.82) is 0 Å². The zero-order chi connectivity index (χ0) is 15.5. The van der Waals surface area contributed by atoms with Gasteiger partial charge >= 0.3 is 5.97 Å². The van der Waals surface area contributed by atoms with Crippen LogP contribution in [0.3, 0.4) is 0 Å². The summed E-state index contributed by atoms with van der Waals surface area (Å²) in [5.74, 6) is -1.44. The third-order valence-corrected chi connectivity index (χ3v) is 3.82. The predicted molar refractivity (Wildman–Crippen MR) is 74.6 cm³/mol. The first kappa shape index (κ1) is 15.9. The summed E-state index contributed by atoms with van der Waals surface area (Å²) in [6, 6.07) is 4.22. The third-order valence-electron chi connectivity index (χ3n) is 3.51. The molecule has 1 aromatic rings. The Hall–Kier alpha value is -1.46. The molecule has 1 fully saturated rings. The summed E-state index contributed by atoms with van der Waals surface area (Å²) in [5, 5.41) is -0.00449. The monoisotopic (exact) mass is 314 g/mol. The lowest BCUT2D eigenvalue weighted by molar-refractivity contribution is -0.169. The van der Waals surface area contributed by atoms with Gasteiger partial charge in [0.25, 0.3) is 0 Å². The zero-order valence-corrected chi connectivity index (χ0v) is 12.4. The highest BCUT2D eigenvalue weighted by atomic mass is 35.5. The Balaban J connectivity index is 2.33. The summed E-state index contributed by atoms with van der Waals surface area (Å²) >= 11 is 5.64. The molecule has 1 saturated heterocycles. The van der Waals surface area contributed by atoms with Gasteiger partial charge in [-0.15, -0.1) is 0 Å². The van der Waals surface area contributed by atoms with Gasteiger partial charge in [0.15, 0.2) is 11.2 Å². The smallest absolute Gasteiger partial charge is 0.322 e. The van der Waals surface area contributed by atoms with E-state index in [0.717, 1.165) is 0 Å². The molecule has 0 aliphatic carbocycles. The van der Waals surface area contributed by atoms with Crippen molar-refractivity contribution in [3.8, 4) is 0 Å². The van der Waals surface area contributed by atoms with Crippen LogP contribution in [0.15, 0.2) is 18.2 Å². The second kappa shape index (κ2) is 6.54. The van der Waals surface area contributed by atoms with Gasteiger partial charge in [-0.2, -0.15) is 0 Å². The number of rotatable bonds is 4. The van der Waals surface area contributed by atoms with Crippen LogP contribution in [0.4, 0.5) is 4.39 Å². The van der Waals surface area contributed by atoms with Crippen LogP contribution in [0.2, 0.25) is 5.02 Å². The Morgan fingerprint density at radius 3 is 2.90 bits per heavy atom. The number of halogens is 2. The molecule has 1 heterocycles. The highest BCUT2D eigenvalue weighted by molar-refractivity contribution is 6.30. The predicted octanol–water partition coefficient (Wildman–Crippen LogP) is 2.56. The van der Waals surface area contributed by atoms with Crippen molar-refractivity contribution >= 4 is 23.4 Å². The molecule has 0 aromatic heterocycles. The van der Waals surface area contributed by atoms with Gasteiger partial charge < -0.3 is 9.47 Å². The van der Waals surface area contributed by atoms with Gasteiger partial charge in [0.1, 0.15) is 5.82 Å². The van der Waals surface area contributed by atoms with Crippen LogP contribution >= 0.6 is 11.6 Å². The van der Waals surface area contributed by atoms with Crippen molar-refractivity contribution in [2.75, 3.05) is 19.8 Å². The van der Waals surface area contributed by atoms with Crippen LogP contribution in [-0.2, 0) is 25.5 Å². The summed E-state index contributed by atoms with van der Waals surface area (Å²) in [4.78, 5) is 24.5. The molecule has 1 unspecified atom stereocenters. The van der Waals surface area contributed by atoms with Crippen LogP contribution in [0, 0.1) is 11.2 Å². The molecule has 1 aliphatic rings. The first-order chi connectivity index (χ1) is 9.99. The maximum absolute atomic E-state index is 13.5. The molecule has 6 heteroatoms. The molecule has 1 aliphatic heterocycles. The fourth-order valence-electron chi connectivity index (χ4n) is 2.39. The van der Waals surface area contributed by atoms with Crippen LogP contribution in [0.25, 0.3) is 0 Å². The average Bonchev–Trinajstić information content (AvgIpc) is 2.45. The van der Waals surface area contributed by atoms with E-state index in [0.29, 0.717) is 5.56 Å². The first-order valence-corrected chi connectivity index (χ1v) is 7.09. The van der Waals surface area contributed by atoms with E-state index in [1.54, 1.807) is 13.0 Å². The molecule has 21 heavy (non-hydrogen) atoms. The highest BCUT2D eigenvalue weighted by Crippen LogP contribution is 2.32. The van der Waals surface area contributed by atoms with Gasteiger partial charge in [-0.3, -0.25) is 9.59 Å². The number of esters is 1. The van der Waals surface area contributed by atoms with E-state index in [9.17, 15) is 14.0 Å². The normalized spacial score (nSPS) is 22.1. The van der Waals surface area contributed by atoms with Crippen molar-refractivity contribution in [3.05, 3.63) is 34.6 Å². The molecule has 1 aromatic carbocycles. The summed E-state index contributed by atoms with van der Waals surface area (Å²) in [6.45, 7) is 2.08. The lowest BCUT2D eigenvalue weighted by atomic mass is 9.76. The number of hydrogen-bond acceptors (Lipinski definition) is 4. The molecular weight excluding hydrogens is 299 g/mol. The number of carbonyl (C=O) groups excluding carboxylic acids is 2. The molecule has 4 nitrogen and oxygen atoms in total. The van der Waals surface area contributed by atoms with Crippen molar-refractivity contribution in [2.24, 2.45) is 5.41 Å². The van der Waals surface area contributed by atoms with Crippen molar-refractivity contribution in [2.45, 2.75) is 19.8 Å². The lowest BCUT2D eigenvalue weighted by Gasteiger charge is -2.33. The molecule has 0 amide bonds. The molecule has 0 bridgehead atoms. The molecular formula is C15H16ClFO4. The van der Waals surface area contributed by atoms with E-state index >= 15 is 0 Å². The van der Waals surface area contributed by atoms with Gasteiger partial charge in [0, 0.05) is 6.42 Å². The molecule has 114 valence electrons. The second-order valence-electron chi connectivity index (χ2n) is 4.95. The fourth-order valence-corrected chi connectivity index (χ4v) is 2.51. The minimum atomic E-state index is -1.39. The van der Waals surface area contributed by atoms with Gasteiger partial charge in [0.2, 0.25) is 0 Å². The minimum absolute atomic E-state index is 0.00449. The van der Waals surface area contributed by atoms with E-state index < -0.39 is 17.2 Å². The molecule has 0 radical (unpaired) electrons. The Bertz CT molecular complexity index is 561. The average molecular weight is 315 g/mol. The van der Waals surface area contributed by atoms with E-state index in [2.05, 4.69) is 0 Å². The van der Waals surface area contributed by atoms with Crippen LogP contribution in [0.5, 0.6) is 0 Å². The maximum Gasteiger partial charge on any atom is 0.322 e. The lowest BCUT2D eigenvalue weighted by Crippen LogP contribution is -2.49. The summed E-state index contributed by atoms with van der Waals surface area (Å²) in [6.07, 6.45) is 0.188. The molecule has 0 N–H and O–H groups in total. The largest absolute Gasteiger partial charge is 0.465 e. The van der Waals surface area contributed by atoms with Crippen molar-refractivity contribution in [1.82, 2.24) is 0 Å². The quantitative estimate of drug-likeness (QED) is 0.633. The van der Waals surface area contributed by atoms with Crippen LogP contribution < -0.4 is 0 Å². The van der Waals surface area contributed by atoms with Gasteiger partial charge in [0.05, 0.1) is 24.8 Å². The Kier molecular flexibility index (Phi) is 4.96. The standard InChI is InChI=1S/C15H16ClFO4/c1-2-21-14(19)15(9-20-6-5-13(15)18)8-10-3-4-11(16)12(17)7-10/h3-4,7H,2,5-6,8-9H2,1H3. The maximum atomic E-state index is 13.5. The Morgan fingerprint density at radius 1 is 1.52 bits per heavy atom. The molecule has 1 atom stereocenters. The Morgan fingerprint density at radius 2 is 2.29 bits per heavy atom. The van der Waals surface area contributed by atoms with Gasteiger partial charge in [-0.1, -0.05) is 17.7 Å². The van der Waals surface area contributed by atoms with Crippen molar-refractivity contribution in [3.63, 3.8) is 0 Å². The number of hydrogen-bond donors (Lipinski definition) is 0. The molecule has 0 spiro atoms. The minimum Gasteiger partial charge on any atom is -0.465 e. The van der Waals surface area contributed by atoms with E-state index in [4.69, 9.17) is 21.1 Å². The number of ketones is 1. The van der Waals surface area contributed by atoms with E-state index in [1.165, 1.54) is 12.1 Å². The van der Waals surface area contributed by atoms with Gasteiger partial charge in [-0.25, -0.2) is 4.39 Å². The van der Waals surface area contributed by atoms with E-state index in [-0.39, 0.29) is 43.5 Å². The van der Waals surface area contributed by atoms with Crippen LogP contribution in [0.1, 0.15) is 18.9 Å². The summed E-state index contributed by atoms with van der Waals surface area (Å²) < 4.78 is 23.9. The fraction of sp³-hybridized carbons (Fsp3) is 0.467. The Labute approximate surface area is 127 Å². The van der Waals surface area contributed by atoms with Crippen molar-refractivity contribution < 1.29 is 23.5 Å². The SMILES string of the molecule is CCOC(=O)C1(Cc2ccc(Cl)c(F)c2)COCCC1=O. The third kappa shape index (κ3) is 3.24. The molecule has 2 rings (SSSR count). The zero-order valence-electron chi connectivity index (χ0n) is 11.7. The number of benzene rings is 1. The van der Waals surface area contributed by atoms with Crippen LogP contribution in [-0.4, -0.2) is 31.6 Å². The number of carbonyl (C=O) groups is 2. The first-order valence-electron chi connectivity index (χ1n) is 6.72.